The summed E-state index contributed by atoms with van der Waals surface area (Å²) in [6, 6.07) is 12.2. The number of halogens is 2. The van der Waals surface area contributed by atoms with Crippen molar-refractivity contribution >= 4 is 22.6 Å². The molecule has 1 unspecified atom stereocenters. The van der Waals surface area contributed by atoms with E-state index in [0.29, 0.717) is 6.42 Å². The van der Waals surface area contributed by atoms with Crippen LogP contribution in [-0.4, -0.2) is 5.11 Å². The predicted octanol–water partition coefficient (Wildman–Crippen LogP) is 4.01. The molecule has 0 aliphatic carbocycles. The SMILES string of the molecule is Cc1cccc(C(O)Cc2ccc(F)cc2)c1I. The van der Waals surface area contributed by atoms with E-state index in [-0.39, 0.29) is 5.82 Å². The highest BCUT2D eigenvalue weighted by Gasteiger charge is 2.13. The first kappa shape index (κ1) is 13.5. The lowest BCUT2D eigenvalue weighted by atomic mass is 10.00. The zero-order chi connectivity index (χ0) is 13.1. The van der Waals surface area contributed by atoms with Gasteiger partial charge in [0.2, 0.25) is 0 Å². The number of hydrogen-bond donors (Lipinski definition) is 1. The van der Waals surface area contributed by atoms with Gasteiger partial charge in [0.25, 0.3) is 0 Å². The van der Waals surface area contributed by atoms with Gasteiger partial charge < -0.3 is 5.11 Å². The molecular formula is C15H14FIO. The molecule has 0 bridgehead atoms. The predicted molar refractivity (Wildman–Crippen MR) is 79.0 cm³/mol. The molecule has 2 aromatic rings. The molecule has 1 N–H and O–H groups in total. The van der Waals surface area contributed by atoms with E-state index in [1.165, 1.54) is 12.1 Å². The van der Waals surface area contributed by atoms with Gasteiger partial charge in [0.15, 0.2) is 0 Å². The quantitative estimate of drug-likeness (QED) is 0.824. The molecule has 1 atom stereocenters. The van der Waals surface area contributed by atoms with E-state index in [1.807, 2.05) is 25.1 Å². The molecular weight excluding hydrogens is 342 g/mol. The van der Waals surface area contributed by atoms with E-state index in [9.17, 15) is 9.50 Å². The van der Waals surface area contributed by atoms with Crippen LogP contribution >= 0.6 is 22.6 Å². The summed E-state index contributed by atoms with van der Waals surface area (Å²) in [6.45, 7) is 2.02. The summed E-state index contributed by atoms with van der Waals surface area (Å²) in [5.74, 6) is -0.252. The lowest BCUT2D eigenvalue weighted by Crippen LogP contribution is -2.04. The van der Waals surface area contributed by atoms with Gasteiger partial charge in [0, 0.05) is 9.99 Å². The molecule has 0 aromatic heterocycles. The van der Waals surface area contributed by atoms with Crippen LogP contribution < -0.4 is 0 Å². The van der Waals surface area contributed by atoms with E-state index in [2.05, 4.69) is 22.6 Å². The molecule has 0 saturated carbocycles. The normalized spacial score (nSPS) is 12.4. The van der Waals surface area contributed by atoms with Crippen molar-refractivity contribution < 1.29 is 9.50 Å². The summed E-state index contributed by atoms with van der Waals surface area (Å²) >= 11 is 2.25. The van der Waals surface area contributed by atoms with Crippen molar-refractivity contribution in [1.82, 2.24) is 0 Å². The second-order valence-electron chi connectivity index (χ2n) is 4.32. The van der Waals surface area contributed by atoms with Crippen molar-refractivity contribution in [1.29, 1.82) is 0 Å². The van der Waals surface area contributed by atoms with Crippen LogP contribution in [-0.2, 0) is 6.42 Å². The van der Waals surface area contributed by atoms with Crippen LogP contribution in [0.2, 0.25) is 0 Å². The molecule has 2 aromatic carbocycles. The van der Waals surface area contributed by atoms with E-state index in [0.717, 1.165) is 20.3 Å². The zero-order valence-electron chi connectivity index (χ0n) is 10.0. The molecule has 3 heteroatoms. The van der Waals surface area contributed by atoms with Gasteiger partial charge in [-0.1, -0.05) is 30.3 Å². The lowest BCUT2D eigenvalue weighted by molar-refractivity contribution is 0.177. The maximum Gasteiger partial charge on any atom is 0.123 e. The summed E-state index contributed by atoms with van der Waals surface area (Å²) in [4.78, 5) is 0. The molecule has 0 radical (unpaired) electrons. The van der Waals surface area contributed by atoms with Gasteiger partial charge in [-0.25, -0.2) is 4.39 Å². The molecule has 2 rings (SSSR count). The van der Waals surface area contributed by atoms with Crippen molar-refractivity contribution in [3.63, 3.8) is 0 Å². The standard InChI is InChI=1S/C15H14FIO/c1-10-3-2-4-13(15(10)17)14(18)9-11-5-7-12(16)8-6-11/h2-8,14,18H,9H2,1H3. The minimum atomic E-state index is -0.553. The number of aliphatic hydroxyl groups is 1. The van der Waals surface area contributed by atoms with E-state index >= 15 is 0 Å². The molecule has 0 saturated heterocycles. The summed E-state index contributed by atoms with van der Waals surface area (Å²) < 4.78 is 13.9. The van der Waals surface area contributed by atoms with Crippen LogP contribution in [0.1, 0.15) is 22.8 Å². The van der Waals surface area contributed by atoms with Crippen molar-refractivity contribution in [3.8, 4) is 0 Å². The van der Waals surface area contributed by atoms with Gasteiger partial charge >= 0.3 is 0 Å². The van der Waals surface area contributed by atoms with Crippen LogP contribution in [0.15, 0.2) is 42.5 Å². The minimum Gasteiger partial charge on any atom is -0.388 e. The summed E-state index contributed by atoms with van der Waals surface area (Å²) in [6.07, 6.45) is -0.0537. The Morgan fingerprint density at radius 1 is 1.17 bits per heavy atom. The minimum absolute atomic E-state index is 0.252. The molecule has 0 aliphatic heterocycles. The van der Waals surface area contributed by atoms with E-state index in [4.69, 9.17) is 0 Å². The smallest absolute Gasteiger partial charge is 0.123 e. The van der Waals surface area contributed by atoms with Gasteiger partial charge in [0.05, 0.1) is 6.10 Å². The Kier molecular flexibility index (Phi) is 4.35. The Hall–Kier alpha value is -0.940. The first-order valence-corrected chi connectivity index (χ1v) is 6.83. The fraction of sp³-hybridized carbons (Fsp3) is 0.200. The molecule has 0 aliphatic rings. The first-order chi connectivity index (χ1) is 8.58. The third-order valence-corrected chi connectivity index (χ3v) is 4.40. The molecule has 94 valence electrons. The topological polar surface area (TPSA) is 20.2 Å². The van der Waals surface area contributed by atoms with Gasteiger partial charge in [-0.05, 0) is 58.3 Å². The Morgan fingerprint density at radius 2 is 1.83 bits per heavy atom. The molecule has 0 fully saturated rings. The van der Waals surface area contributed by atoms with Gasteiger partial charge in [0.1, 0.15) is 5.82 Å². The van der Waals surface area contributed by atoms with Crippen molar-refractivity contribution in [2.75, 3.05) is 0 Å². The van der Waals surface area contributed by atoms with E-state index in [1.54, 1.807) is 12.1 Å². The molecule has 0 spiro atoms. The number of benzene rings is 2. The van der Waals surface area contributed by atoms with Crippen molar-refractivity contribution in [3.05, 3.63) is 68.5 Å². The van der Waals surface area contributed by atoms with Crippen molar-refractivity contribution in [2.45, 2.75) is 19.4 Å². The number of aryl methyl sites for hydroxylation is 1. The maximum absolute atomic E-state index is 12.8. The highest BCUT2D eigenvalue weighted by Crippen LogP contribution is 2.25. The average molecular weight is 356 g/mol. The Bertz CT molecular complexity index is 537. The molecule has 1 nitrogen and oxygen atoms in total. The van der Waals surface area contributed by atoms with Crippen LogP contribution in [0.4, 0.5) is 4.39 Å². The average Bonchev–Trinajstić information content (AvgIpc) is 2.35. The highest BCUT2D eigenvalue weighted by molar-refractivity contribution is 14.1. The van der Waals surface area contributed by atoms with Gasteiger partial charge in [-0.2, -0.15) is 0 Å². The Labute approximate surface area is 120 Å². The number of hydrogen-bond acceptors (Lipinski definition) is 1. The fourth-order valence-electron chi connectivity index (χ4n) is 1.88. The second kappa shape index (κ2) is 5.80. The fourth-order valence-corrected chi connectivity index (χ4v) is 2.60. The monoisotopic (exact) mass is 356 g/mol. The summed E-state index contributed by atoms with van der Waals surface area (Å²) in [7, 11) is 0. The Morgan fingerprint density at radius 3 is 2.50 bits per heavy atom. The summed E-state index contributed by atoms with van der Waals surface area (Å²) in [5, 5.41) is 10.2. The van der Waals surface area contributed by atoms with Crippen LogP contribution in [0.25, 0.3) is 0 Å². The molecule has 0 heterocycles. The second-order valence-corrected chi connectivity index (χ2v) is 5.40. The van der Waals surface area contributed by atoms with Crippen LogP contribution in [0, 0.1) is 16.3 Å². The first-order valence-electron chi connectivity index (χ1n) is 5.75. The number of aliphatic hydroxyl groups excluding tert-OH is 1. The zero-order valence-corrected chi connectivity index (χ0v) is 12.2. The third kappa shape index (κ3) is 3.09. The maximum atomic E-state index is 12.8. The number of rotatable bonds is 3. The highest BCUT2D eigenvalue weighted by atomic mass is 127. The molecule has 0 amide bonds. The molecule has 18 heavy (non-hydrogen) atoms. The summed E-state index contributed by atoms with van der Waals surface area (Å²) in [5.41, 5.74) is 3.02. The van der Waals surface area contributed by atoms with Gasteiger partial charge in [-0.15, -0.1) is 0 Å². The van der Waals surface area contributed by atoms with Crippen LogP contribution in [0.5, 0.6) is 0 Å². The third-order valence-electron chi connectivity index (χ3n) is 2.92. The van der Waals surface area contributed by atoms with Crippen LogP contribution in [0.3, 0.4) is 0 Å². The van der Waals surface area contributed by atoms with Crippen molar-refractivity contribution in [2.24, 2.45) is 0 Å². The Balaban J connectivity index is 2.19. The lowest BCUT2D eigenvalue weighted by Gasteiger charge is -2.14. The van der Waals surface area contributed by atoms with Gasteiger partial charge in [-0.3, -0.25) is 0 Å². The largest absolute Gasteiger partial charge is 0.388 e. The van der Waals surface area contributed by atoms with E-state index < -0.39 is 6.10 Å².